The largest absolute Gasteiger partial charge is 0.454 e. The van der Waals surface area contributed by atoms with E-state index >= 15 is 0 Å². The van der Waals surface area contributed by atoms with Crippen molar-refractivity contribution in [1.82, 2.24) is 4.98 Å². The fourth-order valence-electron chi connectivity index (χ4n) is 2.92. The molecule has 0 bridgehead atoms. The molecular weight excluding hydrogens is 405 g/mol. The summed E-state index contributed by atoms with van der Waals surface area (Å²) in [6, 6.07) is 15.5. The van der Waals surface area contributed by atoms with Crippen molar-refractivity contribution in [3.05, 3.63) is 65.5 Å². The number of amides is 1. The predicted octanol–water partition coefficient (Wildman–Crippen LogP) is 4.53. The monoisotopic (exact) mass is 421 g/mol. The van der Waals surface area contributed by atoms with Gasteiger partial charge in [0.15, 0.2) is 11.5 Å². The first-order chi connectivity index (χ1) is 14.5. The van der Waals surface area contributed by atoms with Crippen LogP contribution in [-0.4, -0.2) is 23.4 Å². The van der Waals surface area contributed by atoms with Gasteiger partial charge in [-0.1, -0.05) is 17.8 Å². The van der Waals surface area contributed by atoms with E-state index in [0.717, 1.165) is 17.3 Å². The number of nitrogens with one attached hydrogen (secondary N) is 1. The van der Waals surface area contributed by atoms with E-state index in [1.165, 1.54) is 12.1 Å². The maximum Gasteiger partial charge on any atom is 0.234 e. The van der Waals surface area contributed by atoms with Crippen LogP contribution in [-0.2, 0) is 4.79 Å². The lowest BCUT2D eigenvalue weighted by atomic mass is 10.1. The van der Waals surface area contributed by atoms with Gasteiger partial charge in [0.05, 0.1) is 17.0 Å². The first kappa shape index (κ1) is 19.7. The number of hydrogen-bond acceptors (Lipinski definition) is 6. The smallest absolute Gasteiger partial charge is 0.234 e. The number of rotatable bonds is 5. The molecule has 0 atom stereocenters. The van der Waals surface area contributed by atoms with E-state index in [9.17, 15) is 14.4 Å². The molecule has 0 aliphatic carbocycles. The number of halogens is 1. The van der Waals surface area contributed by atoms with E-state index < -0.39 is 0 Å². The number of nitrogens with zero attached hydrogens (tertiary/aromatic N) is 2. The quantitative estimate of drug-likeness (QED) is 0.610. The molecule has 3 aromatic rings. The summed E-state index contributed by atoms with van der Waals surface area (Å²) in [5, 5.41) is 12.5. The summed E-state index contributed by atoms with van der Waals surface area (Å²) >= 11 is 1.15. The Bertz CT molecular complexity index is 1180. The summed E-state index contributed by atoms with van der Waals surface area (Å²) in [7, 11) is 0. The molecule has 0 saturated heterocycles. The Labute approximate surface area is 176 Å². The minimum absolute atomic E-state index is 0.0300. The van der Waals surface area contributed by atoms with Crippen molar-refractivity contribution >= 4 is 23.4 Å². The molecule has 0 unspecified atom stereocenters. The summed E-state index contributed by atoms with van der Waals surface area (Å²) in [6.07, 6.45) is 0. The topological polar surface area (TPSA) is 84.2 Å². The second-order valence-electron chi connectivity index (χ2n) is 6.48. The summed E-state index contributed by atoms with van der Waals surface area (Å²) in [6.45, 7) is 1.78. The van der Waals surface area contributed by atoms with E-state index in [1.54, 1.807) is 31.2 Å². The Morgan fingerprint density at radius 1 is 1.23 bits per heavy atom. The van der Waals surface area contributed by atoms with E-state index in [0.29, 0.717) is 39.0 Å². The van der Waals surface area contributed by atoms with Crippen LogP contribution in [0.1, 0.15) is 11.1 Å². The second kappa shape index (κ2) is 8.43. The van der Waals surface area contributed by atoms with Gasteiger partial charge in [-0.15, -0.1) is 0 Å². The van der Waals surface area contributed by atoms with Crippen molar-refractivity contribution in [2.24, 2.45) is 0 Å². The Balaban J connectivity index is 1.51. The van der Waals surface area contributed by atoms with Crippen molar-refractivity contribution in [2.75, 3.05) is 17.9 Å². The molecule has 1 aliphatic rings. The molecule has 1 amide bonds. The summed E-state index contributed by atoms with van der Waals surface area (Å²) in [4.78, 5) is 16.9. The molecule has 0 saturated carbocycles. The van der Waals surface area contributed by atoms with Gasteiger partial charge in [0.25, 0.3) is 0 Å². The lowest BCUT2D eigenvalue weighted by Crippen LogP contribution is -2.15. The summed E-state index contributed by atoms with van der Waals surface area (Å²) in [5.74, 6) is 0.643. The zero-order valence-electron chi connectivity index (χ0n) is 15.9. The maximum absolute atomic E-state index is 13.6. The average molecular weight is 421 g/mol. The summed E-state index contributed by atoms with van der Waals surface area (Å²) in [5.41, 5.74) is 2.63. The molecule has 150 valence electrons. The molecule has 0 spiro atoms. The summed E-state index contributed by atoms with van der Waals surface area (Å²) < 4.78 is 24.4. The Hall–Kier alpha value is -3.57. The van der Waals surface area contributed by atoms with Crippen LogP contribution in [0.5, 0.6) is 11.5 Å². The van der Waals surface area contributed by atoms with Crippen LogP contribution >= 0.6 is 11.8 Å². The third kappa shape index (κ3) is 4.07. The number of hydrogen-bond donors (Lipinski definition) is 1. The lowest BCUT2D eigenvalue weighted by molar-refractivity contribution is -0.113. The van der Waals surface area contributed by atoms with Crippen LogP contribution in [0.25, 0.3) is 11.3 Å². The number of anilines is 1. The van der Waals surface area contributed by atoms with E-state index in [4.69, 9.17) is 9.47 Å². The van der Waals surface area contributed by atoms with Crippen LogP contribution in [0.3, 0.4) is 0 Å². The lowest BCUT2D eigenvalue weighted by Gasteiger charge is -2.10. The molecule has 6 nitrogen and oxygen atoms in total. The standard InChI is InChI=1S/C22H16FN3O3S/c1-13-16(23)3-2-4-17(13)25-21(27)11-30-22-15(10-24)5-7-18(26-22)14-6-8-19-20(9-14)29-12-28-19/h2-9H,11-12H2,1H3,(H,25,27). The molecule has 8 heteroatoms. The van der Waals surface area contributed by atoms with Crippen molar-refractivity contribution < 1.29 is 18.7 Å². The van der Waals surface area contributed by atoms with Crippen LogP contribution in [0.4, 0.5) is 10.1 Å². The van der Waals surface area contributed by atoms with Gasteiger partial charge >= 0.3 is 0 Å². The van der Waals surface area contributed by atoms with E-state index in [-0.39, 0.29) is 24.3 Å². The van der Waals surface area contributed by atoms with Gasteiger partial charge in [0, 0.05) is 16.8 Å². The fourth-order valence-corrected chi connectivity index (χ4v) is 3.69. The average Bonchev–Trinajstić information content (AvgIpc) is 3.23. The molecule has 2 heterocycles. The van der Waals surface area contributed by atoms with E-state index in [2.05, 4.69) is 16.4 Å². The molecular formula is C22H16FN3O3S. The SMILES string of the molecule is Cc1c(F)cccc1NC(=O)CSc1nc(-c2ccc3c(c2)OCO3)ccc1C#N. The second-order valence-corrected chi connectivity index (χ2v) is 7.44. The number of carbonyl (C=O) groups excluding carboxylic acids is 1. The minimum atomic E-state index is -0.384. The number of carbonyl (C=O) groups is 1. The maximum atomic E-state index is 13.6. The number of benzene rings is 2. The van der Waals surface area contributed by atoms with Crippen LogP contribution < -0.4 is 14.8 Å². The minimum Gasteiger partial charge on any atom is -0.454 e. The van der Waals surface area contributed by atoms with Crippen LogP contribution in [0.15, 0.2) is 53.6 Å². The molecule has 4 rings (SSSR count). The van der Waals surface area contributed by atoms with Gasteiger partial charge in [0.1, 0.15) is 16.9 Å². The number of ether oxygens (including phenoxy) is 2. The third-order valence-corrected chi connectivity index (χ3v) is 5.52. The highest BCUT2D eigenvalue weighted by Gasteiger charge is 2.16. The Morgan fingerprint density at radius 2 is 2.07 bits per heavy atom. The number of fused-ring (bicyclic) bond motifs is 1. The number of aromatic nitrogens is 1. The zero-order chi connectivity index (χ0) is 21.1. The van der Waals surface area contributed by atoms with Crippen molar-refractivity contribution in [3.63, 3.8) is 0 Å². The number of nitriles is 1. The predicted molar refractivity (Wildman–Crippen MR) is 111 cm³/mol. The van der Waals surface area contributed by atoms with Crippen molar-refractivity contribution in [1.29, 1.82) is 5.26 Å². The molecule has 30 heavy (non-hydrogen) atoms. The van der Waals surface area contributed by atoms with Gasteiger partial charge in [0.2, 0.25) is 12.7 Å². The van der Waals surface area contributed by atoms with Crippen LogP contribution in [0.2, 0.25) is 0 Å². The first-order valence-electron chi connectivity index (χ1n) is 9.04. The van der Waals surface area contributed by atoms with Crippen molar-refractivity contribution in [2.45, 2.75) is 11.9 Å². The van der Waals surface area contributed by atoms with Crippen molar-refractivity contribution in [3.8, 4) is 28.8 Å². The third-order valence-electron chi connectivity index (χ3n) is 4.53. The van der Waals surface area contributed by atoms with E-state index in [1.807, 2.05) is 12.1 Å². The molecule has 2 aromatic carbocycles. The number of thioether (sulfide) groups is 1. The highest BCUT2D eigenvalue weighted by molar-refractivity contribution is 8.00. The van der Waals surface area contributed by atoms with Gasteiger partial charge in [-0.3, -0.25) is 4.79 Å². The normalized spacial score (nSPS) is 11.8. The molecule has 1 aromatic heterocycles. The number of pyridine rings is 1. The van der Waals surface area contributed by atoms with Gasteiger partial charge in [-0.2, -0.15) is 5.26 Å². The fraction of sp³-hybridized carbons (Fsp3) is 0.136. The first-order valence-corrected chi connectivity index (χ1v) is 10.0. The molecule has 1 N–H and O–H groups in total. The molecule has 0 fully saturated rings. The molecule has 0 radical (unpaired) electrons. The van der Waals surface area contributed by atoms with Crippen LogP contribution in [0, 0.1) is 24.1 Å². The Morgan fingerprint density at radius 3 is 2.90 bits per heavy atom. The van der Waals surface area contributed by atoms with Gasteiger partial charge in [-0.05, 0) is 49.4 Å². The molecule has 1 aliphatic heterocycles. The van der Waals surface area contributed by atoms with Gasteiger partial charge < -0.3 is 14.8 Å². The zero-order valence-corrected chi connectivity index (χ0v) is 16.8. The highest BCUT2D eigenvalue weighted by Crippen LogP contribution is 2.36. The van der Waals surface area contributed by atoms with Gasteiger partial charge in [-0.25, -0.2) is 9.37 Å². The Kier molecular flexibility index (Phi) is 5.55. The highest BCUT2D eigenvalue weighted by atomic mass is 32.2.